The van der Waals surface area contributed by atoms with Crippen LogP contribution in [-0.4, -0.2) is 104 Å². The fourth-order valence-electron chi connectivity index (χ4n) is 7.30. The molecule has 1 aliphatic rings. The van der Waals surface area contributed by atoms with E-state index in [-0.39, 0.29) is 59.6 Å². The highest BCUT2D eigenvalue weighted by Crippen LogP contribution is 2.36. The van der Waals surface area contributed by atoms with Crippen LogP contribution in [0.25, 0.3) is 38.8 Å². The van der Waals surface area contributed by atoms with Crippen molar-refractivity contribution >= 4 is 33.9 Å². The van der Waals surface area contributed by atoms with Crippen LogP contribution in [0.3, 0.4) is 0 Å². The van der Waals surface area contributed by atoms with Crippen LogP contribution in [-0.2, 0) is 19.4 Å². The largest absolute Gasteiger partial charge is 0.494 e. The number of nitrogens with zero attached hydrogens (tertiary/aromatic N) is 8. The summed E-state index contributed by atoms with van der Waals surface area (Å²) in [7, 11) is 3.86. The topological polar surface area (TPSA) is 200 Å². The molecular formula is C42H41F4N11O5. The second kappa shape index (κ2) is 17.9. The molecule has 0 amide bonds. The quantitative estimate of drug-likeness (QED) is 0.0728. The molecule has 0 bridgehead atoms. The lowest BCUT2D eigenvalue weighted by atomic mass is 10.0. The average Bonchev–Trinajstić information content (AvgIpc) is 4.04. The molecule has 0 radical (unpaired) electrons. The Labute approximate surface area is 351 Å². The van der Waals surface area contributed by atoms with Gasteiger partial charge in [-0.05, 0) is 25.0 Å². The summed E-state index contributed by atoms with van der Waals surface area (Å²) in [5.74, 6) is -4.19. The maximum atomic E-state index is 16.2. The van der Waals surface area contributed by atoms with Crippen molar-refractivity contribution in [1.29, 1.82) is 0 Å². The lowest BCUT2D eigenvalue weighted by molar-refractivity contribution is -0.0778. The van der Waals surface area contributed by atoms with E-state index in [1.54, 1.807) is 46.8 Å². The monoisotopic (exact) mass is 855 g/mol. The number of aromatic amines is 2. The van der Waals surface area contributed by atoms with E-state index >= 15 is 17.6 Å². The van der Waals surface area contributed by atoms with Gasteiger partial charge in [-0.25, -0.2) is 27.5 Å². The van der Waals surface area contributed by atoms with Crippen LogP contribution in [0.5, 0.6) is 23.0 Å². The molecule has 1 aliphatic heterocycles. The molecule has 6 heterocycles. The van der Waals surface area contributed by atoms with E-state index < -0.39 is 23.3 Å². The molecule has 0 saturated carbocycles. The zero-order valence-corrected chi connectivity index (χ0v) is 33.8. The molecule has 16 nitrogen and oxygen atoms in total. The van der Waals surface area contributed by atoms with Gasteiger partial charge in [-0.2, -0.15) is 15.3 Å². The number of H-pyrrole nitrogens is 2. The van der Waals surface area contributed by atoms with Gasteiger partial charge in [0.25, 0.3) is 0 Å². The second-order valence-corrected chi connectivity index (χ2v) is 14.4. The van der Waals surface area contributed by atoms with Gasteiger partial charge in [0, 0.05) is 125 Å². The first-order chi connectivity index (χ1) is 30.1. The Bertz CT molecular complexity index is 2790. The number of hydrogen-bond acceptors (Lipinski definition) is 13. The van der Waals surface area contributed by atoms with Crippen LogP contribution in [0.1, 0.15) is 40.9 Å². The van der Waals surface area contributed by atoms with E-state index in [1.807, 2.05) is 6.07 Å². The van der Waals surface area contributed by atoms with Crippen molar-refractivity contribution in [2.24, 2.45) is 10.7 Å². The molecule has 1 fully saturated rings. The van der Waals surface area contributed by atoms with Gasteiger partial charge in [0.15, 0.2) is 57.6 Å². The number of nitrogens with one attached hydrogen (secondary N) is 2. The summed E-state index contributed by atoms with van der Waals surface area (Å²) in [6.45, 7) is 1.02. The fraction of sp³-hybridized carbons (Fsp3) is 0.286. The van der Waals surface area contributed by atoms with E-state index in [0.717, 1.165) is 11.6 Å². The first-order valence-electron chi connectivity index (χ1n) is 19.4. The SMILES string of the molecule is COc1cc(OC)c(F)c(Cc2[nH]nc3ncc(C(C=NC4CCN(Oc5cc(OC)c(F)c(Cc6[nH]nc7ncc(-c8cnn(CCO)c8)cc67)c5F)CC4)=CN)cc23)c1F. The summed E-state index contributed by atoms with van der Waals surface area (Å²) in [6, 6.07) is 5.76. The summed E-state index contributed by atoms with van der Waals surface area (Å²) in [6.07, 6.45) is 10.3. The Morgan fingerprint density at radius 3 is 1.94 bits per heavy atom. The van der Waals surface area contributed by atoms with Crippen molar-refractivity contribution in [2.45, 2.75) is 38.3 Å². The molecule has 20 heteroatoms. The zero-order valence-electron chi connectivity index (χ0n) is 33.8. The number of pyridine rings is 2. The third kappa shape index (κ3) is 8.20. The molecule has 8 rings (SSSR count). The van der Waals surface area contributed by atoms with Gasteiger partial charge < -0.3 is 29.9 Å². The summed E-state index contributed by atoms with van der Waals surface area (Å²) in [5.41, 5.74) is 9.65. The maximum Gasteiger partial charge on any atom is 0.187 e. The van der Waals surface area contributed by atoms with E-state index in [9.17, 15) is 5.11 Å². The van der Waals surface area contributed by atoms with Gasteiger partial charge in [0.2, 0.25) is 0 Å². The standard InChI is InChI=1S/C42H41F4N11O5/c1-59-33-14-34(60-2)38(44)29(37(33)43)12-31-27-10-22(17-49-41(27)54-52-31)24(16-47)19-48-26-4-6-57(7-5-26)62-36-15-35(61-3)39(45)30(40(36)46)13-32-28-11-23(18-50-42(28)55-53-32)25-20-51-56(21-25)8-9-58/h10-11,14-21,26,58H,4-9,12-13,47H2,1-3H3,(H,49,52,54)(H,50,53,55). The number of aromatic nitrogens is 8. The van der Waals surface area contributed by atoms with E-state index in [0.29, 0.717) is 82.6 Å². The lowest BCUT2D eigenvalue weighted by Gasteiger charge is -2.30. The minimum absolute atomic E-state index is 0.0653. The Morgan fingerprint density at radius 2 is 1.35 bits per heavy atom. The number of hydrogen-bond donors (Lipinski definition) is 4. The van der Waals surface area contributed by atoms with Crippen molar-refractivity contribution in [3.8, 4) is 34.1 Å². The number of benzene rings is 2. The summed E-state index contributed by atoms with van der Waals surface area (Å²) in [5, 5.41) is 30.3. The van der Waals surface area contributed by atoms with Crippen LogP contribution in [0, 0.1) is 23.3 Å². The van der Waals surface area contributed by atoms with Gasteiger partial charge in [-0.15, -0.1) is 5.06 Å². The van der Waals surface area contributed by atoms with Crippen molar-refractivity contribution in [3.63, 3.8) is 0 Å². The molecule has 0 spiro atoms. The Kier molecular flexibility index (Phi) is 12.0. The molecule has 0 atom stereocenters. The molecule has 7 aromatic rings. The van der Waals surface area contributed by atoms with Crippen LogP contribution in [0.4, 0.5) is 17.6 Å². The minimum Gasteiger partial charge on any atom is -0.494 e. The van der Waals surface area contributed by atoms with Crippen LogP contribution >= 0.6 is 0 Å². The number of piperidine rings is 1. The van der Waals surface area contributed by atoms with E-state index in [4.69, 9.17) is 29.8 Å². The molecule has 5 aromatic heterocycles. The number of aliphatic hydroxyl groups is 1. The van der Waals surface area contributed by atoms with Crippen molar-refractivity contribution in [2.75, 3.05) is 41.0 Å². The van der Waals surface area contributed by atoms with Gasteiger partial charge in [0.1, 0.15) is 0 Å². The van der Waals surface area contributed by atoms with Gasteiger partial charge >= 0.3 is 0 Å². The minimum atomic E-state index is -0.886. The van der Waals surface area contributed by atoms with Gasteiger partial charge in [-0.1, -0.05) is 0 Å². The summed E-state index contributed by atoms with van der Waals surface area (Å²) < 4.78 is 79.3. The Morgan fingerprint density at radius 1 is 0.790 bits per heavy atom. The highest BCUT2D eigenvalue weighted by Gasteiger charge is 2.27. The summed E-state index contributed by atoms with van der Waals surface area (Å²) in [4.78, 5) is 19.6. The smallest absolute Gasteiger partial charge is 0.187 e. The molecule has 322 valence electrons. The number of rotatable bonds is 15. The second-order valence-electron chi connectivity index (χ2n) is 14.4. The number of allylic oxidation sites excluding steroid dienone is 1. The number of ether oxygens (including phenoxy) is 3. The maximum absolute atomic E-state index is 16.2. The van der Waals surface area contributed by atoms with Gasteiger partial charge in [0.05, 0.1) is 46.7 Å². The molecule has 62 heavy (non-hydrogen) atoms. The van der Waals surface area contributed by atoms with Crippen molar-refractivity contribution < 1.29 is 41.7 Å². The first-order valence-corrected chi connectivity index (χ1v) is 19.4. The van der Waals surface area contributed by atoms with Crippen molar-refractivity contribution in [3.05, 3.63) is 107 Å². The molecule has 2 aromatic carbocycles. The first kappa shape index (κ1) is 41.7. The van der Waals surface area contributed by atoms with Gasteiger partial charge in [-0.3, -0.25) is 19.9 Å². The van der Waals surface area contributed by atoms with Crippen molar-refractivity contribution in [1.82, 2.24) is 45.2 Å². The molecule has 5 N–H and O–H groups in total. The van der Waals surface area contributed by atoms with Crippen LogP contribution in [0.15, 0.2) is 60.2 Å². The Balaban J connectivity index is 0.942. The number of aliphatic imine (C=N–C) groups is 1. The molecule has 1 saturated heterocycles. The van der Waals surface area contributed by atoms with E-state index in [1.165, 1.54) is 33.6 Å². The number of methoxy groups -OCH3 is 3. The lowest BCUT2D eigenvalue weighted by Crippen LogP contribution is -2.38. The number of hydroxylamine groups is 2. The highest BCUT2D eigenvalue weighted by atomic mass is 19.1. The zero-order chi connectivity index (χ0) is 43.5. The summed E-state index contributed by atoms with van der Waals surface area (Å²) >= 11 is 0. The third-order valence-corrected chi connectivity index (χ3v) is 10.7. The number of aliphatic hydroxyl groups excluding tert-OH is 1. The van der Waals surface area contributed by atoms with E-state index in [2.05, 4.69) is 35.5 Å². The molecular weight excluding hydrogens is 815 g/mol. The highest BCUT2D eigenvalue weighted by molar-refractivity contribution is 6.10. The number of nitrogens with two attached hydrogens (primary N) is 1. The predicted octanol–water partition coefficient (Wildman–Crippen LogP) is 5.68. The number of fused-ring (bicyclic) bond motifs is 2. The predicted molar refractivity (Wildman–Crippen MR) is 220 cm³/mol. The normalized spacial score (nSPS) is 14.1. The van der Waals surface area contributed by atoms with Crippen LogP contribution < -0.4 is 24.8 Å². The molecule has 0 unspecified atom stereocenters. The average molecular weight is 856 g/mol. The molecule has 0 aliphatic carbocycles. The van der Waals surface area contributed by atoms with Crippen LogP contribution in [0.2, 0.25) is 0 Å². The number of halogens is 4. The third-order valence-electron chi connectivity index (χ3n) is 10.7. The Hall–Kier alpha value is -7.06. The fourth-order valence-corrected chi connectivity index (χ4v) is 7.30.